The molecular weight excluding hydrogens is 186 g/mol. The molecule has 1 aromatic rings. The maximum Gasteiger partial charge on any atom is 0.132 e. The molecule has 1 N–H and O–H groups in total. The van der Waals surface area contributed by atoms with Crippen LogP contribution in [0.3, 0.4) is 0 Å². The number of nitrogens with zero attached hydrogens (tertiary/aromatic N) is 2. The molecule has 0 unspecified atom stereocenters. The van der Waals surface area contributed by atoms with Crippen LogP contribution in [0.25, 0.3) is 0 Å². The number of aromatic nitrogens is 1. The van der Waals surface area contributed by atoms with Crippen LogP contribution in [-0.2, 0) is 5.41 Å². The van der Waals surface area contributed by atoms with Crippen LogP contribution in [0.5, 0.6) is 0 Å². The Labute approximate surface area is 90.5 Å². The van der Waals surface area contributed by atoms with Crippen molar-refractivity contribution in [1.82, 2.24) is 10.3 Å². The number of pyridine rings is 1. The summed E-state index contributed by atoms with van der Waals surface area (Å²) in [6.45, 7) is 3.42. The number of anilines is 1. The van der Waals surface area contributed by atoms with Gasteiger partial charge in [0, 0.05) is 30.8 Å². The lowest BCUT2D eigenvalue weighted by Gasteiger charge is -2.34. The molecule has 0 aromatic carbocycles. The van der Waals surface area contributed by atoms with E-state index in [0.29, 0.717) is 5.41 Å². The third-order valence-corrected chi connectivity index (χ3v) is 3.82. The molecule has 0 atom stereocenters. The predicted octanol–water partition coefficient (Wildman–Crippen LogP) is 1.15. The first-order valence-electron chi connectivity index (χ1n) is 5.69. The van der Waals surface area contributed by atoms with E-state index in [-0.39, 0.29) is 0 Å². The molecule has 1 spiro atoms. The fourth-order valence-corrected chi connectivity index (χ4v) is 3.06. The zero-order chi connectivity index (χ0) is 10.3. The lowest BCUT2D eigenvalue weighted by atomic mass is 9.75. The minimum absolute atomic E-state index is 0.379. The first kappa shape index (κ1) is 9.16. The zero-order valence-electron chi connectivity index (χ0n) is 9.16. The monoisotopic (exact) mass is 203 g/mol. The third kappa shape index (κ3) is 1.26. The fraction of sp³-hybridized carbons (Fsp3) is 0.583. The van der Waals surface area contributed by atoms with Crippen LogP contribution >= 0.6 is 0 Å². The van der Waals surface area contributed by atoms with Gasteiger partial charge in [0.25, 0.3) is 0 Å². The summed E-state index contributed by atoms with van der Waals surface area (Å²) in [4.78, 5) is 6.80. The highest BCUT2D eigenvalue weighted by Gasteiger charge is 2.42. The number of hydrogen-bond donors (Lipinski definition) is 1. The van der Waals surface area contributed by atoms with Gasteiger partial charge in [-0.3, -0.25) is 0 Å². The van der Waals surface area contributed by atoms with Crippen LogP contribution in [-0.4, -0.2) is 31.7 Å². The summed E-state index contributed by atoms with van der Waals surface area (Å²) < 4.78 is 0. The van der Waals surface area contributed by atoms with Gasteiger partial charge in [-0.1, -0.05) is 6.07 Å². The van der Waals surface area contributed by atoms with E-state index < -0.39 is 0 Å². The van der Waals surface area contributed by atoms with Gasteiger partial charge in [-0.2, -0.15) is 0 Å². The van der Waals surface area contributed by atoms with Crippen LogP contribution in [0.1, 0.15) is 18.4 Å². The summed E-state index contributed by atoms with van der Waals surface area (Å²) in [6.07, 6.45) is 4.39. The molecular formula is C12H17N3. The van der Waals surface area contributed by atoms with Crippen molar-refractivity contribution in [2.45, 2.75) is 18.3 Å². The minimum Gasteiger partial charge on any atom is -0.359 e. The molecule has 0 amide bonds. The molecule has 3 rings (SSSR count). The van der Waals surface area contributed by atoms with Crippen molar-refractivity contribution in [3.8, 4) is 0 Å². The molecule has 0 aliphatic carbocycles. The molecule has 0 bridgehead atoms. The van der Waals surface area contributed by atoms with Gasteiger partial charge in [0.2, 0.25) is 0 Å². The highest BCUT2D eigenvalue weighted by atomic mass is 15.2. The van der Waals surface area contributed by atoms with Crippen molar-refractivity contribution in [2.24, 2.45) is 0 Å². The van der Waals surface area contributed by atoms with Gasteiger partial charge in [-0.25, -0.2) is 4.98 Å². The minimum atomic E-state index is 0.379. The van der Waals surface area contributed by atoms with Gasteiger partial charge >= 0.3 is 0 Å². The number of rotatable bonds is 0. The largest absolute Gasteiger partial charge is 0.359 e. The molecule has 3 heterocycles. The van der Waals surface area contributed by atoms with Crippen molar-refractivity contribution < 1.29 is 0 Å². The molecule has 0 radical (unpaired) electrons. The molecule has 1 aromatic heterocycles. The van der Waals surface area contributed by atoms with Crippen LogP contribution in [0.4, 0.5) is 5.82 Å². The molecule has 2 aliphatic heterocycles. The summed E-state index contributed by atoms with van der Waals surface area (Å²) >= 11 is 0. The molecule has 3 heteroatoms. The number of fused-ring (bicyclic) bond motifs is 2. The topological polar surface area (TPSA) is 28.2 Å². The Kier molecular flexibility index (Phi) is 1.96. The first-order valence-corrected chi connectivity index (χ1v) is 5.69. The molecule has 80 valence electrons. The van der Waals surface area contributed by atoms with E-state index in [9.17, 15) is 0 Å². The third-order valence-electron chi connectivity index (χ3n) is 3.82. The van der Waals surface area contributed by atoms with Gasteiger partial charge in [-0.05, 0) is 32.0 Å². The van der Waals surface area contributed by atoms with E-state index in [2.05, 4.69) is 34.4 Å². The van der Waals surface area contributed by atoms with E-state index in [0.717, 1.165) is 19.6 Å². The number of hydrogen-bond acceptors (Lipinski definition) is 3. The van der Waals surface area contributed by atoms with Crippen molar-refractivity contribution in [3.63, 3.8) is 0 Å². The summed E-state index contributed by atoms with van der Waals surface area (Å²) in [5.74, 6) is 1.19. The van der Waals surface area contributed by atoms with Gasteiger partial charge in [0.15, 0.2) is 0 Å². The van der Waals surface area contributed by atoms with Crippen molar-refractivity contribution >= 4 is 5.82 Å². The van der Waals surface area contributed by atoms with Gasteiger partial charge in [-0.15, -0.1) is 0 Å². The van der Waals surface area contributed by atoms with E-state index in [1.54, 1.807) is 0 Å². The molecule has 3 nitrogen and oxygen atoms in total. The van der Waals surface area contributed by atoms with E-state index in [1.807, 2.05) is 6.20 Å². The van der Waals surface area contributed by atoms with Crippen molar-refractivity contribution in [3.05, 3.63) is 23.9 Å². The van der Waals surface area contributed by atoms with Gasteiger partial charge in [0.1, 0.15) is 5.82 Å². The molecule has 15 heavy (non-hydrogen) atoms. The Morgan fingerprint density at radius 1 is 1.40 bits per heavy atom. The molecule has 1 saturated heterocycles. The molecule has 1 fully saturated rings. The Balaban J connectivity index is 2.06. The average Bonchev–Trinajstić information content (AvgIpc) is 2.55. The van der Waals surface area contributed by atoms with E-state index >= 15 is 0 Å². The normalized spacial score (nSPS) is 23.1. The summed E-state index contributed by atoms with van der Waals surface area (Å²) in [7, 11) is 2.16. The molecule has 0 saturated carbocycles. The second-order valence-electron chi connectivity index (χ2n) is 4.76. The second-order valence-corrected chi connectivity index (χ2v) is 4.76. The Morgan fingerprint density at radius 3 is 3.00 bits per heavy atom. The predicted molar refractivity (Wildman–Crippen MR) is 61.3 cm³/mol. The summed E-state index contributed by atoms with van der Waals surface area (Å²) in [6, 6.07) is 4.33. The number of piperidine rings is 1. The maximum absolute atomic E-state index is 4.50. The van der Waals surface area contributed by atoms with E-state index in [1.165, 1.54) is 24.2 Å². The van der Waals surface area contributed by atoms with Crippen LogP contribution in [0.2, 0.25) is 0 Å². The number of nitrogens with one attached hydrogen (secondary N) is 1. The summed E-state index contributed by atoms with van der Waals surface area (Å²) in [5.41, 5.74) is 1.85. The van der Waals surface area contributed by atoms with Crippen LogP contribution in [0.15, 0.2) is 18.3 Å². The maximum atomic E-state index is 4.50. The zero-order valence-corrected chi connectivity index (χ0v) is 9.16. The Bertz CT molecular complexity index is 369. The fourth-order valence-electron chi connectivity index (χ4n) is 3.06. The quantitative estimate of drug-likeness (QED) is 0.685. The van der Waals surface area contributed by atoms with Crippen molar-refractivity contribution in [1.29, 1.82) is 0 Å². The van der Waals surface area contributed by atoms with Gasteiger partial charge < -0.3 is 10.2 Å². The second kappa shape index (κ2) is 3.20. The standard InChI is InChI=1S/C12H17N3/c1-15-9-12(4-7-13-8-5-12)10-3-2-6-14-11(10)15/h2-3,6,13H,4-5,7-9H2,1H3. The Hall–Kier alpha value is -1.09. The number of likely N-dealkylation sites (N-methyl/N-ethyl adjacent to an activating group) is 1. The first-order chi connectivity index (χ1) is 7.32. The SMILES string of the molecule is CN1CC2(CCNCC2)c2cccnc21. The lowest BCUT2D eigenvalue weighted by molar-refractivity contribution is 0.328. The van der Waals surface area contributed by atoms with E-state index in [4.69, 9.17) is 0 Å². The average molecular weight is 203 g/mol. The van der Waals surface area contributed by atoms with Crippen LogP contribution in [0, 0.1) is 0 Å². The van der Waals surface area contributed by atoms with Crippen molar-refractivity contribution in [2.75, 3.05) is 31.6 Å². The molecule has 2 aliphatic rings. The highest BCUT2D eigenvalue weighted by molar-refractivity contribution is 5.57. The van der Waals surface area contributed by atoms with Gasteiger partial charge in [0.05, 0.1) is 0 Å². The smallest absolute Gasteiger partial charge is 0.132 e. The summed E-state index contributed by atoms with van der Waals surface area (Å²) in [5, 5.41) is 3.44. The lowest BCUT2D eigenvalue weighted by Crippen LogP contribution is -2.42. The highest BCUT2D eigenvalue weighted by Crippen LogP contribution is 2.43. The Morgan fingerprint density at radius 2 is 2.20 bits per heavy atom. The van der Waals surface area contributed by atoms with Crippen LogP contribution < -0.4 is 10.2 Å².